The van der Waals surface area contributed by atoms with E-state index in [1.54, 1.807) is 12.1 Å². The van der Waals surface area contributed by atoms with E-state index in [0.717, 1.165) is 5.56 Å². The van der Waals surface area contributed by atoms with Crippen molar-refractivity contribution in [3.05, 3.63) is 35.4 Å². The van der Waals surface area contributed by atoms with Crippen LogP contribution in [0.1, 0.15) is 15.9 Å². The second-order valence-electron chi connectivity index (χ2n) is 4.30. The standard InChI is InChI=1S/C12H9N3O3S/c16-9-8(10(19)14-12(18)13-9)15-5-6-3-1-2-4-7(6)11(15)17/h1-4,8H,5H2,(H2,13,14,16,18,19). The molecule has 1 aromatic carbocycles. The zero-order valence-electron chi connectivity index (χ0n) is 9.67. The first-order valence-corrected chi connectivity index (χ1v) is 6.03. The van der Waals surface area contributed by atoms with E-state index in [-0.39, 0.29) is 10.9 Å². The van der Waals surface area contributed by atoms with Gasteiger partial charge in [0.05, 0.1) is 0 Å². The average molecular weight is 275 g/mol. The van der Waals surface area contributed by atoms with Crippen LogP contribution in [0, 0.1) is 0 Å². The maximum absolute atomic E-state index is 12.2. The average Bonchev–Trinajstić information content (AvgIpc) is 2.66. The lowest BCUT2D eigenvalue weighted by atomic mass is 10.1. The Kier molecular flexibility index (Phi) is 2.56. The van der Waals surface area contributed by atoms with Crippen LogP contribution in [-0.4, -0.2) is 33.8 Å². The number of imide groups is 1. The fourth-order valence-corrected chi connectivity index (χ4v) is 2.61. The zero-order valence-corrected chi connectivity index (χ0v) is 10.5. The van der Waals surface area contributed by atoms with Gasteiger partial charge in [-0.05, 0) is 11.6 Å². The normalized spacial score (nSPS) is 22.1. The molecule has 1 atom stereocenters. The third-order valence-corrected chi connectivity index (χ3v) is 3.46. The molecule has 4 amide bonds. The molecule has 0 aliphatic carbocycles. The number of fused-ring (bicyclic) bond motifs is 1. The number of hydrogen-bond donors (Lipinski definition) is 2. The highest BCUT2D eigenvalue weighted by atomic mass is 32.1. The lowest BCUT2D eigenvalue weighted by Crippen LogP contribution is -2.63. The van der Waals surface area contributed by atoms with E-state index in [1.807, 2.05) is 12.1 Å². The molecule has 6 nitrogen and oxygen atoms in total. The number of thiocarbonyl (C=S) groups is 1. The minimum Gasteiger partial charge on any atom is -0.316 e. The summed E-state index contributed by atoms with van der Waals surface area (Å²) in [6.45, 7) is 0.309. The van der Waals surface area contributed by atoms with Crippen LogP contribution in [0.3, 0.4) is 0 Å². The van der Waals surface area contributed by atoms with Crippen LogP contribution in [0.25, 0.3) is 0 Å². The Morgan fingerprint density at radius 3 is 2.58 bits per heavy atom. The number of carbonyl (C=O) groups excluding carboxylic acids is 3. The van der Waals surface area contributed by atoms with Crippen LogP contribution in [0.4, 0.5) is 4.79 Å². The van der Waals surface area contributed by atoms with E-state index in [2.05, 4.69) is 10.6 Å². The molecule has 2 heterocycles. The van der Waals surface area contributed by atoms with E-state index in [9.17, 15) is 14.4 Å². The molecule has 1 aromatic rings. The van der Waals surface area contributed by atoms with Gasteiger partial charge in [-0.25, -0.2) is 4.79 Å². The van der Waals surface area contributed by atoms with Crippen molar-refractivity contribution >= 4 is 35.1 Å². The minimum absolute atomic E-state index is 0.0508. The summed E-state index contributed by atoms with van der Waals surface area (Å²) in [5.74, 6) is -0.829. The molecule has 2 aliphatic heterocycles. The lowest BCUT2D eigenvalue weighted by molar-refractivity contribution is -0.122. The number of nitrogens with one attached hydrogen (secondary N) is 2. The number of amides is 4. The Labute approximate surface area is 113 Å². The first-order valence-electron chi connectivity index (χ1n) is 5.62. The minimum atomic E-state index is -0.937. The number of nitrogens with zero attached hydrogens (tertiary/aromatic N) is 1. The molecule has 3 rings (SSSR count). The van der Waals surface area contributed by atoms with Crippen LogP contribution in [-0.2, 0) is 11.3 Å². The fourth-order valence-electron chi connectivity index (χ4n) is 2.28. The van der Waals surface area contributed by atoms with Crippen molar-refractivity contribution in [2.24, 2.45) is 0 Å². The Morgan fingerprint density at radius 2 is 1.89 bits per heavy atom. The number of benzene rings is 1. The third-order valence-electron chi connectivity index (χ3n) is 3.13. The van der Waals surface area contributed by atoms with Gasteiger partial charge in [-0.2, -0.15) is 0 Å². The van der Waals surface area contributed by atoms with Crippen LogP contribution >= 0.6 is 12.2 Å². The topological polar surface area (TPSA) is 78.5 Å². The molecule has 19 heavy (non-hydrogen) atoms. The Balaban J connectivity index is 1.93. The molecule has 1 unspecified atom stereocenters. The van der Waals surface area contributed by atoms with Gasteiger partial charge in [-0.1, -0.05) is 30.4 Å². The number of rotatable bonds is 1. The molecular weight excluding hydrogens is 266 g/mol. The molecule has 7 heteroatoms. The summed E-state index contributed by atoms with van der Waals surface area (Å²) in [4.78, 5) is 36.6. The van der Waals surface area contributed by atoms with Gasteiger partial charge >= 0.3 is 6.03 Å². The fraction of sp³-hybridized carbons (Fsp3) is 0.167. The smallest absolute Gasteiger partial charge is 0.316 e. The summed E-state index contributed by atoms with van der Waals surface area (Å²) >= 11 is 5.00. The van der Waals surface area contributed by atoms with Crippen molar-refractivity contribution in [1.29, 1.82) is 0 Å². The molecular formula is C12H9N3O3S. The van der Waals surface area contributed by atoms with Gasteiger partial charge in [0, 0.05) is 12.1 Å². The van der Waals surface area contributed by atoms with E-state index < -0.39 is 18.0 Å². The van der Waals surface area contributed by atoms with Gasteiger partial charge in [0.1, 0.15) is 4.99 Å². The summed E-state index contributed by atoms with van der Waals surface area (Å²) in [6, 6.07) is 5.54. The Morgan fingerprint density at radius 1 is 1.16 bits per heavy atom. The summed E-state index contributed by atoms with van der Waals surface area (Å²) in [7, 11) is 0. The molecule has 0 bridgehead atoms. The first-order chi connectivity index (χ1) is 9.08. The lowest BCUT2D eigenvalue weighted by Gasteiger charge is -2.30. The van der Waals surface area contributed by atoms with E-state index in [4.69, 9.17) is 12.2 Å². The Bertz CT molecular complexity index is 608. The molecule has 2 aliphatic rings. The molecule has 0 spiro atoms. The van der Waals surface area contributed by atoms with Crippen LogP contribution in [0.5, 0.6) is 0 Å². The third kappa shape index (κ3) is 1.78. The van der Waals surface area contributed by atoms with Gasteiger partial charge < -0.3 is 4.90 Å². The van der Waals surface area contributed by atoms with Crippen molar-refractivity contribution in [3.63, 3.8) is 0 Å². The molecule has 0 aromatic heterocycles. The zero-order chi connectivity index (χ0) is 13.6. The van der Waals surface area contributed by atoms with Gasteiger partial charge in [-0.3, -0.25) is 20.2 Å². The summed E-state index contributed by atoms with van der Waals surface area (Å²) in [5, 5.41) is 4.46. The van der Waals surface area contributed by atoms with Crippen molar-refractivity contribution < 1.29 is 14.4 Å². The van der Waals surface area contributed by atoms with E-state index >= 15 is 0 Å². The highest BCUT2D eigenvalue weighted by molar-refractivity contribution is 7.80. The largest absolute Gasteiger partial charge is 0.326 e. The second-order valence-corrected chi connectivity index (χ2v) is 4.74. The van der Waals surface area contributed by atoms with Crippen LogP contribution in [0.15, 0.2) is 24.3 Å². The van der Waals surface area contributed by atoms with Gasteiger partial charge in [0.2, 0.25) is 0 Å². The van der Waals surface area contributed by atoms with Gasteiger partial charge in [0.25, 0.3) is 11.8 Å². The van der Waals surface area contributed by atoms with Crippen molar-refractivity contribution in [2.75, 3.05) is 0 Å². The highest BCUT2D eigenvalue weighted by Crippen LogP contribution is 2.25. The van der Waals surface area contributed by atoms with E-state index in [1.165, 1.54) is 4.90 Å². The highest BCUT2D eigenvalue weighted by Gasteiger charge is 2.41. The quantitative estimate of drug-likeness (QED) is 0.717. The predicted molar refractivity (Wildman–Crippen MR) is 69.4 cm³/mol. The van der Waals surface area contributed by atoms with Crippen molar-refractivity contribution in [3.8, 4) is 0 Å². The molecule has 1 fully saturated rings. The van der Waals surface area contributed by atoms with Gasteiger partial charge in [-0.15, -0.1) is 0 Å². The first kappa shape index (κ1) is 11.8. The Hall–Kier alpha value is -2.28. The van der Waals surface area contributed by atoms with E-state index in [0.29, 0.717) is 12.1 Å². The monoisotopic (exact) mass is 275 g/mol. The molecule has 0 radical (unpaired) electrons. The second kappa shape index (κ2) is 4.13. The SMILES string of the molecule is O=C1NC(=O)C(N2Cc3ccccc3C2=O)C(=S)N1. The molecule has 96 valence electrons. The molecule has 0 saturated carbocycles. The summed E-state index contributed by atoms with van der Waals surface area (Å²) in [6.07, 6.45) is 0. The maximum atomic E-state index is 12.2. The van der Waals surface area contributed by atoms with Gasteiger partial charge in [0.15, 0.2) is 6.04 Å². The summed E-state index contributed by atoms with van der Waals surface area (Å²) in [5.41, 5.74) is 1.41. The van der Waals surface area contributed by atoms with Crippen LogP contribution in [0.2, 0.25) is 0 Å². The van der Waals surface area contributed by atoms with Crippen molar-refractivity contribution in [1.82, 2.24) is 15.5 Å². The number of carbonyl (C=O) groups is 3. The summed E-state index contributed by atoms with van der Waals surface area (Å²) < 4.78 is 0. The number of hydrogen-bond acceptors (Lipinski definition) is 4. The molecule has 1 saturated heterocycles. The number of urea groups is 1. The predicted octanol–water partition coefficient (Wildman–Crippen LogP) is 0.178. The maximum Gasteiger partial charge on any atom is 0.326 e. The van der Waals surface area contributed by atoms with Crippen molar-refractivity contribution in [2.45, 2.75) is 12.6 Å². The van der Waals surface area contributed by atoms with Crippen LogP contribution < -0.4 is 10.6 Å². The molecule has 2 N–H and O–H groups in total.